The van der Waals surface area contributed by atoms with E-state index in [0.29, 0.717) is 12.5 Å². The number of fused-ring (bicyclic) bond motifs is 2. The van der Waals surface area contributed by atoms with Crippen LogP contribution in [0.25, 0.3) is 0 Å². The highest BCUT2D eigenvalue weighted by molar-refractivity contribution is 5.85. The Morgan fingerprint density at radius 3 is 2.80 bits per heavy atom. The summed E-state index contributed by atoms with van der Waals surface area (Å²) in [6.45, 7) is 4.33. The molecule has 15 heavy (non-hydrogen) atoms. The first-order valence-corrected chi connectivity index (χ1v) is 6.07. The molecule has 2 aliphatic carbocycles. The van der Waals surface area contributed by atoms with Gasteiger partial charge in [0.15, 0.2) is 5.60 Å². The van der Waals surface area contributed by atoms with E-state index < -0.39 is 5.60 Å². The quantitative estimate of drug-likeness (QED) is 0.527. The van der Waals surface area contributed by atoms with Crippen LogP contribution in [0.2, 0.25) is 0 Å². The lowest BCUT2D eigenvalue weighted by molar-refractivity contribution is -0.149. The molecule has 0 N–H and O–H groups in total. The standard InChI is InChI=1S/C12H18O3/c1-3-11(10(13)14-4-2)12(15-11)6-5-8-7-9(8)12/h8-9H,3-7H2,1-2H3. The predicted octanol–water partition coefficient (Wildman–Crippen LogP) is 1.90. The molecule has 4 unspecified atom stereocenters. The molecule has 1 heterocycles. The van der Waals surface area contributed by atoms with E-state index in [1.807, 2.05) is 13.8 Å². The van der Waals surface area contributed by atoms with E-state index in [0.717, 1.165) is 18.8 Å². The van der Waals surface area contributed by atoms with Gasteiger partial charge in [0.05, 0.1) is 6.61 Å². The summed E-state index contributed by atoms with van der Waals surface area (Å²) in [5.74, 6) is 1.37. The minimum atomic E-state index is -0.571. The summed E-state index contributed by atoms with van der Waals surface area (Å²) in [5.41, 5.74) is -0.683. The van der Waals surface area contributed by atoms with Crippen molar-refractivity contribution in [1.29, 1.82) is 0 Å². The number of carbonyl (C=O) groups is 1. The summed E-state index contributed by atoms with van der Waals surface area (Å²) in [6.07, 6.45) is 4.33. The fraction of sp³-hybridized carbons (Fsp3) is 0.917. The molecule has 0 amide bonds. The molecule has 1 saturated heterocycles. The Hall–Kier alpha value is -0.570. The van der Waals surface area contributed by atoms with Crippen LogP contribution in [0.5, 0.6) is 0 Å². The van der Waals surface area contributed by atoms with Crippen molar-refractivity contribution in [2.24, 2.45) is 11.8 Å². The van der Waals surface area contributed by atoms with Crippen molar-refractivity contribution >= 4 is 5.97 Å². The van der Waals surface area contributed by atoms with Gasteiger partial charge in [-0.1, -0.05) is 6.92 Å². The number of epoxide rings is 1. The zero-order chi connectivity index (χ0) is 10.7. The molecule has 4 atom stereocenters. The largest absolute Gasteiger partial charge is 0.464 e. The molecule has 1 aliphatic heterocycles. The molecule has 3 rings (SSSR count). The van der Waals surface area contributed by atoms with Crippen LogP contribution in [0.4, 0.5) is 0 Å². The van der Waals surface area contributed by atoms with E-state index >= 15 is 0 Å². The van der Waals surface area contributed by atoms with Gasteiger partial charge in [0.25, 0.3) is 0 Å². The molecule has 0 aromatic carbocycles. The van der Waals surface area contributed by atoms with Crippen molar-refractivity contribution in [2.75, 3.05) is 6.61 Å². The van der Waals surface area contributed by atoms with Gasteiger partial charge in [-0.3, -0.25) is 0 Å². The zero-order valence-corrected chi connectivity index (χ0v) is 9.41. The Morgan fingerprint density at radius 1 is 1.53 bits per heavy atom. The highest BCUT2D eigenvalue weighted by Crippen LogP contribution is 2.72. The lowest BCUT2D eigenvalue weighted by Crippen LogP contribution is -2.35. The molecule has 0 radical (unpaired) electrons. The van der Waals surface area contributed by atoms with Gasteiger partial charge < -0.3 is 9.47 Å². The van der Waals surface area contributed by atoms with Gasteiger partial charge in [0, 0.05) is 0 Å². The van der Waals surface area contributed by atoms with Gasteiger partial charge in [-0.05, 0) is 44.4 Å². The Labute approximate surface area is 90.1 Å². The zero-order valence-electron chi connectivity index (χ0n) is 9.41. The number of hydrogen-bond acceptors (Lipinski definition) is 3. The first-order chi connectivity index (χ1) is 7.20. The molecule has 2 saturated carbocycles. The van der Waals surface area contributed by atoms with E-state index in [4.69, 9.17) is 9.47 Å². The molecule has 0 bridgehead atoms. The average molecular weight is 210 g/mol. The average Bonchev–Trinajstić information content (AvgIpc) is 3.06. The maximum atomic E-state index is 11.9. The highest BCUT2D eigenvalue weighted by Gasteiger charge is 2.82. The van der Waals surface area contributed by atoms with Crippen LogP contribution in [0, 0.1) is 11.8 Å². The first kappa shape index (κ1) is 9.64. The van der Waals surface area contributed by atoms with Gasteiger partial charge in [-0.25, -0.2) is 4.79 Å². The van der Waals surface area contributed by atoms with E-state index in [2.05, 4.69) is 0 Å². The number of carbonyl (C=O) groups excluding carboxylic acids is 1. The SMILES string of the molecule is CCOC(=O)C1(CC)OC12CCC1CC12. The van der Waals surface area contributed by atoms with E-state index in [1.54, 1.807) is 0 Å². The summed E-state index contributed by atoms with van der Waals surface area (Å²) >= 11 is 0. The molecule has 3 aliphatic rings. The summed E-state index contributed by atoms with van der Waals surface area (Å²) < 4.78 is 11.0. The number of rotatable bonds is 3. The minimum absolute atomic E-state index is 0.112. The first-order valence-electron chi connectivity index (χ1n) is 6.07. The lowest BCUT2D eigenvalue weighted by atomic mass is 9.86. The van der Waals surface area contributed by atoms with Gasteiger partial charge in [0.2, 0.25) is 0 Å². The second-order valence-electron chi connectivity index (χ2n) is 5.03. The van der Waals surface area contributed by atoms with E-state index in [-0.39, 0.29) is 11.6 Å². The molecule has 0 aromatic heterocycles. The fourth-order valence-corrected chi connectivity index (χ4v) is 3.61. The van der Waals surface area contributed by atoms with Crippen LogP contribution in [-0.4, -0.2) is 23.8 Å². The van der Waals surface area contributed by atoms with Gasteiger partial charge >= 0.3 is 5.97 Å². The molecule has 3 heteroatoms. The van der Waals surface area contributed by atoms with Crippen molar-refractivity contribution in [1.82, 2.24) is 0 Å². The van der Waals surface area contributed by atoms with Crippen molar-refractivity contribution in [3.8, 4) is 0 Å². The van der Waals surface area contributed by atoms with Crippen molar-refractivity contribution in [3.63, 3.8) is 0 Å². The fourth-order valence-electron chi connectivity index (χ4n) is 3.61. The third-order valence-corrected chi connectivity index (χ3v) is 4.51. The Bertz CT molecular complexity index is 314. The predicted molar refractivity (Wildman–Crippen MR) is 54.3 cm³/mol. The second-order valence-corrected chi connectivity index (χ2v) is 5.03. The van der Waals surface area contributed by atoms with E-state index in [1.165, 1.54) is 12.8 Å². The third kappa shape index (κ3) is 0.975. The second kappa shape index (κ2) is 2.76. The number of esters is 1. The Balaban J connectivity index is 1.82. The number of hydrogen-bond donors (Lipinski definition) is 0. The van der Waals surface area contributed by atoms with E-state index in [9.17, 15) is 4.79 Å². The Kier molecular flexibility index (Phi) is 1.77. The van der Waals surface area contributed by atoms with Crippen molar-refractivity contribution in [3.05, 3.63) is 0 Å². The lowest BCUT2D eigenvalue weighted by Gasteiger charge is -2.14. The third-order valence-electron chi connectivity index (χ3n) is 4.51. The smallest absolute Gasteiger partial charge is 0.341 e. The van der Waals surface area contributed by atoms with Crippen LogP contribution >= 0.6 is 0 Å². The monoisotopic (exact) mass is 210 g/mol. The van der Waals surface area contributed by atoms with Gasteiger partial charge in [-0.15, -0.1) is 0 Å². The maximum absolute atomic E-state index is 11.9. The molecule has 84 valence electrons. The highest BCUT2D eigenvalue weighted by atomic mass is 16.7. The summed E-state index contributed by atoms with van der Waals surface area (Å²) in [7, 11) is 0. The Morgan fingerprint density at radius 2 is 2.33 bits per heavy atom. The molecule has 3 fully saturated rings. The normalized spacial score (nSPS) is 50.3. The molecule has 1 spiro atoms. The molecule has 0 aromatic rings. The molecular formula is C12H18O3. The van der Waals surface area contributed by atoms with Gasteiger partial charge in [0.1, 0.15) is 5.60 Å². The topological polar surface area (TPSA) is 38.8 Å². The van der Waals surface area contributed by atoms with Gasteiger partial charge in [-0.2, -0.15) is 0 Å². The maximum Gasteiger partial charge on any atom is 0.341 e. The summed E-state index contributed by atoms with van der Waals surface area (Å²) in [4.78, 5) is 11.9. The minimum Gasteiger partial charge on any atom is -0.464 e. The molecular weight excluding hydrogens is 192 g/mol. The summed E-state index contributed by atoms with van der Waals surface area (Å²) in [6, 6.07) is 0. The molecule has 3 nitrogen and oxygen atoms in total. The summed E-state index contributed by atoms with van der Waals surface area (Å²) in [5, 5.41) is 0. The van der Waals surface area contributed by atoms with Crippen LogP contribution in [-0.2, 0) is 14.3 Å². The van der Waals surface area contributed by atoms with Crippen molar-refractivity contribution in [2.45, 2.75) is 50.7 Å². The van der Waals surface area contributed by atoms with Crippen LogP contribution < -0.4 is 0 Å². The van der Waals surface area contributed by atoms with Crippen LogP contribution in [0.1, 0.15) is 39.5 Å². The van der Waals surface area contributed by atoms with Crippen LogP contribution in [0.3, 0.4) is 0 Å². The van der Waals surface area contributed by atoms with Crippen molar-refractivity contribution < 1.29 is 14.3 Å². The van der Waals surface area contributed by atoms with Crippen LogP contribution in [0.15, 0.2) is 0 Å². The number of ether oxygens (including phenoxy) is 2.